The lowest BCUT2D eigenvalue weighted by atomic mass is 10.1. The van der Waals surface area contributed by atoms with Crippen molar-refractivity contribution in [1.82, 2.24) is 9.88 Å². The van der Waals surface area contributed by atoms with Gasteiger partial charge in [-0.25, -0.2) is 4.98 Å². The van der Waals surface area contributed by atoms with E-state index < -0.39 is 0 Å². The summed E-state index contributed by atoms with van der Waals surface area (Å²) in [4.78, 5) is 20.9. The second-order valence-corrected chi connectivity index (χ2v) is 7.45. The van der Waals surface area contributed by atoms with Crippen LogP contribution >= 0.6 is 11.3 Å². The zero-order valence-corrected chi connectivity index (χ0v) is 15.6. The van der Waals surface area contributed by atoms with Gasteiger partial charge in [0.25, 0.3) is 0 Å². The molecule has 0 N–H and O–H groups in total. The van der Waals surface area contributed by atoms with Gasteiger partial charge in [0, 0.05) is 11.1 Å². The molecule has 130 valence electrons. The number of nitrogens with zero attached hydrogens (tertiary/aromatic N) is 2. The zero-order chi connectivity index (χ0) is 17.4. The SMILES string of the molecule is Cc1ccc(C(=O)c2cccnc2OCCCCCCN(C)C)s1. The fourth-order valence-electron chi connectivity index (χ4n) is 2.42. The summed E-state index contributed by atoms with van der Waals surface area (Å²) < 4.78 is 5.78. The van der Waals surface area contributed by atoms with Crippen LogP contribution in [0.5, 0.6) is 5.88 Å². The lowest BCUT2D eigenvalue weighted by molar-refractivity contribution is 0.103. The lowest BCUT2D eigenvalue weighted by Crippen LogP contribution is -2.12. The molecule has 0 fully saturated rings. The Morgan fingerprint density at radius 1 is 1.17 bits per heavy atom. The van der Waals surface area contributed by atoms with Gasteiger partial charge in [-0.15, -0.1) is 11.3 Å². The zero-order valence-electron chi connectivity index (χ0n) is 14.7. The van der Waals surface area contributed by atoms with Crippen LogP contribution in [0.15, 0.2) is 30.5 Å². The van der Waals surface area contributed by atoms with E-state index in [1.165, 1.54) is 24.2 Å². The summed E-state index contributed by atoms with van der Waals surface area (Å²) >= 11 is 1.50. The molecule has 0 aliphatic heterocycles. The van der Waals surface area contributed by atoms with Gasteiger partial charge >= 0.3 is 0 Å². The van der Waals surface area contributed by atoms with Crippen LogP contribution in [0.25, 0.3) is 0 Å². The number of pyridine rings is 1. The van der Waals surface area contributed by atoms with Crippen LogP contribution in [0.4, 0.5) is 0 Å². The van der Waals surface area contributed by atoms with E-state index in [0.717, 1.165) is 29.1 Å². The second kappa shape index (κ2) is 9.55. The molecule has 0 unspecified atom stereocenters. The third-order valence-electron chi connectivity index (χ3n) is 3.72. The number of aromatic nitrogens is 1. The number of thiophene rings is 1. The molecule has 0 aliphatic carbocycles. The van der Waals surface area contributed by atoms with E-state index in [4.69, 9.17) is 4.74 Å². The molecule has 2 heterocycles. The van der Waals surface area contributed by atoms with Crippen molar-refractivity contribution in [3.63, 3.8) is 0 Å². The van der Waals surface area contributed by atoms with E-state index in [0.29, 0.717) is 18.1 Å². The predicted molar refractivity (Wildman–Crippen MR) is 99.2 cm³/mol. The minimum atomic E-state index is -0.0119. The number of carbonyl (C=O) groups is 1. The molecule has 0 aliphatic rings. The largest absolute Gasteiger partial charge is 0.477 e. The molecular formula is C19H26N2O2S. The Morgan fingerprint density at radius 3 is 2.67 bits per heavy atom. The maximum Gasteiger partial charge on any atom is 0.224 e. The van der Waals surface area contributed by atoms with E-state index in [9.17, 15) is 4.79 Å². The summed E-state index contributed by atoms with van der Waals surface area (Å²) in [7, 11) is 4.19. The first-order chi connectivity index (χ1) is 11.6. The second-order valence-electron chi connectivity index (χ2n) is 6.16. The van der Waals surface area contributed by atoms with Crippen molar-refractivity contribution in [2.24, 2.45) is 0 Å². The summed E-state index contributed by atoms with van der Waals surface area (Å²) in [6, 6.07) is 7.39. The molecular weight excluding hydrogens is 320 g/mol. The van der Waals surface area contributed by atoms with Crippen LogP contribution in [0.1, 0.15) is 45.8 Å². The number of hydrogen-bond donors (Lipinski definition) is 0. The molecule has 0 spiro atoms. The smallest absolute Gasteiger partial charge is 0.224 e. The van der Waals surface area contributed by atoms with E-state index in [1.54, 1.807) is 18.3 Å². The maximum atomic E-state index is 12.6. The normalized spacial score (nSPS) is 11.0. The topological polar surface area (TPSA) is 42.4 Å². The van der Waals surface area contributed by atoms with E-state index >= 15 is 0 Å². The molecule has 0 aromatic carbocycles. The molecule has 5 heteroatoms. The number of ether oxygens (including phenoxy) is 1. The Morgan fingerprint density at radius 2 is 1.96 bits per heavy atom. The first-order valence-corrected chi connectivity index (χ1v) is 9.23. The van der Waals surface area contributed by atoms with Crippen LogP contribution in [-0.4, -0.2) is 42.9 Å². The predicted octanol–water partition coefficient (Wildman–Crippen LogP) is 4.18. The van der Waals surface area contributed by atoms with Gasteiger partial charge in [-0.05, 0) is 64.7 Å². The third-order valence-corrected chi connectivity index (χ3v) is 4.72. The quantitative estimate of drug-likeness (QED) is 0.478. The highest BCUT2D eigenvalue weighted by molar-refractivity contribution is 7.14. The average molecular weight is 346 g/mol. The van der Waals surface area contributed by atoms with Gasteiger partial charge in [-0.3, -0.25) is 4.79 Å². The summed E-state index contributed by atoms with van der Waals surface area (Å²) in [5.41, 5.74) is 0.548. The number of ketones is 1. The van der Waals surface area contributed by atoms with Crippen molar-refractivity contribution in [2.75, 3.05) is 27.2 Å². The van der Waals surface area contributed by atoms with E-state index in [1.807, 2.05) is 19.1 Å². The fraction of sp³-hybridized carbons (Fsp3) is 0.474. The van der Waals surface area contributed by atoms with Gasteiger partial charge in [0.05, 0.1) is 17.0 Å². The van der Waals surface area contributed by atoms with Crippen molar-refractivity contribution in [3.8, 4) is 5.88 Å². The molecule has 0 radical (unpaired) electrons. The van der Waals surface area contributed by atoms with Gasteiger partial charge in [0.2, 0.25) is 11.7 Å². The molecule has 2 aromatic heterocycles. The Hall–Kier alpha value is -1.72. The standard InChI is InChI=1S/C19H26N2O2S/c1-15-10-11-17(24-15)18(22)16-9-8-12-20-19(16)23-14-7-5-4-6-13-21(2)3/h8-12H,4-7,13-14H2,1-3H3. The monoisotopic (exact) mass is 346 g/mol. The first-order valence-electron chi connectivity index (χ1n) is 8.41. The molecule has 0 atom stereocenters. The summed E-state index contributed by atoms with van der Waals surface area (Å²) in [5, 5.41) is 0. The van der Waals surface area contributed by atoms with Crippen LogP contribution in [0.2, 0.25) is 0 Å². The van der Waals surface area contributed by atoms with Crippen LogP contribution in [0.3, 0.4) is 0 Å². The number of unbranched alkanes of at least 4 members (excludes halogenated alkanes) is 3. The first kappa shape index (κ1) is 18.6. The molecule has 0 bridgehead atoms. The van der Waals surface area contributed by atoms with Crippen molar-refractivity contribution in [1.29, 1.82) is 0 Å². The van der Waals surface area contributed by atoms with Gasteiger partial charge in [0.1, 0.15) is 0 Å². The Kier molecular flexibility index (Phi) is 7.40. The van der Waals surface area contributed by atoms with Gasteiger partial charge in [0.15, 0.2) is 0 Å². The third kappa shape index (κ3) is 5.73. The van der Waals surface area contributed by atoms with Gasteiger partial charge < -0.3 is 9.64 Å². The van der Waals surface area contributed by atoms with E-state index in [-0.39, 0.29) is 5.78 Å². The number of rotatable bonds is 10. The van der Waals surface area contributed by atoms with Crippen molar-refractivity contribution in [3.05, 3.63) is 45.8 Å². The molecule has 24 heavy (non-hydrogen) atoms. The Balaban J connectivity index is 1.84. The van der Waals surface area contributed by atoms with Gasteiger partial charge in [-0.2, -0.15) is 0 Å². The average Bonchev–Trinajstić information content (AvgIpc) is 3.00. The Bertz CT molecular complexity index is 652. The summed E-state index contributed by atoms with van der Waals surface area (Å²) in [6.07, 6.45) is 6.19. The van der Waals surface area contributed by atoms with Crippen molar-refractivity contribution >= 4 is 17.1 Å². The lowest BCUT2D eigenvalue weighted by Gasteiger charge is -2.10. The van der Waals surface area contributed by atoms with Crippen LogP contribution < -0.4 is 4.74 Å². The minimum absolute atomic E-state index is 0.0119. The van der Waals surface area contributed by atoms with Crippen LogP contribution in [-0.2, 0) is 0 Å². The highest BCUT2D eigenvalue weighted by Crippen LogP contribution is 2.23. The number of aryl methyl sites for hydroxylation is 1. The van der Waals surface area contributed by atoms with Crippen LogP contribution in [0, 0.1) is 6.92 Å². The number of hydrogen-bond acceptors (Lipinski definition) is 5. The molecule has 2 rings (SSSR count). The Labute approximate surface area is 148 Å². The summed E-state index contributed by atoms with van der Waals surface area (Å²) in [6.45, 7) is 3.72. The molecule has 0 amide bonds. The molecule has 4 nitrogen and oxygen atoms in total. The molecule has 2 aromatic rings. The summed E-state index contributed by atoms with van der Waals surface area (Å²) in [5.74, 6) is 0.434. The van der Waals surface area contributed by atoms with Crippen molar-refractivity contribution < 1.29 is 9.53 Å². The highest BCUT2D eigenvalue weighted by Gasteiger charge is 2.17. The maximum absolute atomic E-state index is 12.6. The minimum Gasteiger partial charge on any atom is -0.477 e. The molecule has 0 saturated carbocycles. The van der Waals surface area contributed by atoms with Gasteiger partial charge in [-0.1, -0.05) is 12.8 Å². The van der Waals surface area contributed by atoms with Crippen molar-refractivity contribution in [2.45, 2.75) is 32.6 Å². The number of carbonyl (C=O) groups excluding carboxylic acids is 1. The fourth-order valence-corrected chi connectivity index (χ4v) is 3.24. The highest BCUT2D eigenvalue weighted by atomic mass is 32.1. The molecule has 0 saturated heterocycles. The van der Waals surface area contributed by atoms with E-state index in [2.05, 4.69) is 24.0 Å².